The van der Waals surface area contributed by atoms with Crippen molar-refractivity contribution < 1.29 is 18.8 Å². The minimum Gasteiger partial charge on any atom is -0.493 e. The zero-order chi connectivity index (χ0) is 20.6. The maximum absolute atomic E-state index is 12.3. The molecule has 0 atom stereocenters. The summed E-state index contributed by atoms with van der Waals surface area (Å²) in [4.78, 5) is 12.3. The molecule has 0 aliphatic rings. The number of rotatable bonds is 7. The molecule has 2 aromatic carbocycles. The summed E-state index contributed by atoms with van der Waals surface area (Å²) in [5, 5.41) is 15.6. The second kappa shape index (κ2) is 9.24. The van der Waals surface area contributed by atoms with Gasteiger partial charge in [-0.25, -0.2) is 0 Å². The van der Waals surface area contributed by atoms with Crippen molar-refractivity contribution in [2.45, 2.75) is 13.5 Å². The predicted octanol–water partition coefficient (Wildman–Crippen LogP) is 4.12. The van der Waals surface area contributed by atoms with Gasteiger partial charge >= 0.3 is 0 Å². The Morgan fingerprint density at radius 1 is 1.21 bits per heavy atom. The zero-order valence-electron chi connectivity index (χ0n) is 16.0. The minimum absolute atomic E-state index is 0.0781. The molecule has 1 amide bonds. The van der Waals surface area contributed by atoms with E-state index >= 15 is 0 Å². The van der Waals surface area contributed by atoms with Gasteiger partial charge in [0.2, 0.25) is 0 Å². The first kappa shape index (κ1) is 19.7. The van der Waals surface area contributed by atoms with Crippen molar-refractivity contribution in [2.75, 3.05) is 12.4 Å². The number of hydrogen-bond donors (Lipinski definition) is 1. The van der Waals surface area contributed by atoms with Crippen LogP contribution in [0.1, 0.15) is 16.9 Å². The third-order valence-electron chi connectivity index (χ3n) is 3.97. The lowest BCUT2D eigenvalue weighted by Crippen LogP contribution is -2.13. The molecule has 0 bridgehead atoms. The largest absolute Gasteiger partial charge is 0.493 e. The highest BCUT2D eigenvalue weighted by Crippen LogP contribution is 2.29. The van der Waals surface area contributed by atoms with Crippen molar-refractivity contribution in [2.24, 2.45) is 0 Å². The normalized spacial score (nSPS) is 10.9. The van der Waals surface area contributed by atoms with Crippen LogP contribution in [-0.4, -0.2) is 18.2 Å². The summed E-state index contributed by atoms with van der Waals surface area (Å²) in [6, 6.07) is 18.4. The number of hydrogen-bond acceptors (Lipinski definition) is 6. The Bertz CT molecular complexity index is 1070. The van der Waals surface area contributed by atoms with Gasteiger partial charge < -0.3 is 19.3 Å². The molecule has 0 saturated heterocycles. The van der Waals surface area contributed by atoms with Crippen LogP contribution in [-0.2, 0) is 11.4 Å². The number of carbonyl (C=O) groups excluding carboxylic acids is 1. The second-order valence-electron chi connectivity index (χ2n) is 6.13. The number of carbonyl (C=O) groups is 1. The third kappa shape index (κ3) is 5.23. The SMILES string of the molecule is COc1cc(/C=C(/C#N)C(=O)Nc2cc(C)on2)ccc1OCc1ccccc1. The van der Waals surface area contributed by atoms with Gasteiger partial charge in [0, 0.05) is 6.07 Å². The Kier molecular flexibility index (Phi) is 6.28. The number of benzene rings is 2. The molecule has 7 heteroatoms. The number of methoxy groups -OCH3 is 1. The van der Waals surface area contributed by atoms with Crippen molar-refractivity contribution in [1.82, 2.24) is 5.16 Å². The Labute approximate surface area is 168 Å². The Morgan fingerprint density at radius 3 is 2.66 bits per heavy atom. The van der Waals surface area contributed by atoms with Gasteiger partial charge in [0.05, 0.1) is 7.11 Å². The van der Waals surface area contributed by atoms with E-state index in [0.29, 0.717) is 29.4 Å². The van der Waals surface area contributed by atoms with Gasteiger partial charge in [-0.3, -0.25) is 4.79 Å². The van der Waals surface area contributed by atoms with Crippen molar-refractivity contribution in [3.05, 3.63) is 77.1 Å². The van der Waals surface area contributed by atoms with Crippen LogP contribution >= 0.6 is 0 Å². The van der Waals surface area contributed by atoms with Crippen molar-refractivity contribution in [1.29, 1.82) is 5.26 Å². The van der Waals surface area contributed by atoms with Gasteiger partial charge in [-0.15, -0.1) is 0 Å². The van der Waals surface area contributed by atoms with Crippen LogP contribution in [0.15, 0.2) is 64.7 Å². The fourth-order valence-electron chi connectivity index (χ4n) is 2.55. The highest BCUT2D eigenvalue weighted by molar-refractivity contribution is 6.09. The Morgan fingerprint density at radius 2 is 2.00 bits per heavy atom. The van der Waals surface area contributed by atoms with Gasteiger partial charge in [-0.05, 0) is 36.3 Å². The van der Waals surface area contributed by atoms with Crippen LogP contribution in [0.4, 0.5) is 5.82 Å². The maximum atomic E-state index is 12.3. The predicted molar refractivity (Wildman–Crippen MR) is 107 cm³/mol. The Balaban J connectivity index is 1.75. The summed E-state index contributed by atoms with van der Waals surface area (Å²) < 4.78 is 16.1. The Hall–Kier alpha value is -4.05. The average Bonchev–Trinajstić information content (AvgIpc) is 3.15. The van der Waals surface area contributed by atoms with Gasteiger partial charge in [0.15, 0.2) is 17.3 Å². The molecule has 3 rings (SSSR count). The number of nitriles is 1. The number of nitrogens with one attached hydrogen (secondary N) is 1. The van der Waals surface area contributed by atoms with Crippen molar-refractivity contribution >= 4 is 17.8 Å². The molecule has 0 unspecified atom stereocenters. The summed E-state index contributed by atoms with van der Waals surface area (Å²) in [7, 11) is 1.53. The van der Waals surface area contributed by atoms with Crippen molar-refractivity contribution in [3.63, 3.8) is 0 Å². The summed E-state index contributed by atoms with van der Waals surface area (Å²) in [6.45, 7) is 2.10. The van der Waals surface area contributed by atoms with Gasteiger partial charge in [-0.1, -0.05) is 41.6 Å². The van der Waals surface area contributed by atoms with Crippen LogP contribution in [0.2, 0.25) is 0 Å². The van der Waals surface area contributed by atoms with E-state index in [0.717, 1.165) is 5.56 Å². The van der Waals surface area contributed by atoms with Crippen LogP contribution in [0.25, 0.3) is 6.08 Å². The number of aryl methyl sites for hydroxylation is 1. The van der Waals surface area contributed by atoms with E-state index in [1.807, 2.05) is 36.4 Å². The molecule has 0 spiro atoms. The quantitative estimate of drug-likeness (QED) is 0.482. The maximum Gasteiger partial charge on any atom is 0.267 e. The molecule has 1 N–H and O–H groups in total. The molecular formula is C22H19N3O4. The summed E-state index contributed by atoms with van der Waals surface area (Å²) in [6.07, 6.45) is 1.46. The highest BCUT2D eigenvalue weighted by atomic mass is 16.5. The molecule has 0 aliphatic carbocycles. The number of amides is 1. The van der Waals surface area contributed by atoms with Crippen LogP contribution < -0.4 is 14.8 Å². The van der Waals surface area contributed by atoms with E-state index in [1.54, 1.807) is 31.2 Å². The van der Waals surface area contributed by atoms with Gasteiger partial charge in [0.1, 0.15) is 24.0 Å². The molecule has 0 radical (unpaired) electrons. The molecule has 1 aromatic heterocycles. The highest BCUT2D eigenvalue weighted by Gasteiger charge is 2.13. The molecule has 1 heterocycles. The molecule has 146 valence electrons. The third-order valence-corrected chi connectivity index (χ3v) is 3.97. The van der Waals surface area contributed by atoms with E-state index < -0.39 is 5.91 Å². The average molecular weight is 389 g/mol. The first-order valence-electron chi connectivity index (χ1n) is 8.80. The molecule has 29 heavy (non-hydrogen) atoms. The lowest BCUT2D eigenvalue weighted by Gasteiger charge is -2.11. The molecule has 0 fully saturated rings. The molecule has 0 aliphatic heterocycles. The topological polar surface area (TPSA) is 97.4 Å². The fourth-order valence-corrected chi connectivity index (χ4v) is 2.55. The van der Waals surface area contributed by atoms with E-state index in [2.05, 4.69) is 10.5 Å². The van der Waals surface area contributed by atoms with Gasteiger partial charge in [0.25, 0.3) is 5.91 Å². The number of aromatic nitrogens is 1. The first-order chi connectivity index (χ1) is 14.1. The lowest BCUT2D eigenvalue weighted by molar-refractivity contribution is -0.112. The molecule has 7 nitrogen and oxygen atoms in total. The van der Waals surface area contributed by atoms with Crippen molar-refractivity contribution in [3.8, 4) is 17.6 Å². The van der Waals surface area contributed by atoms with Crippen LogP contribution in [0, 0.1) is 18.3 Å². The van der Waals surface area contributed by atoms with Crippen LogP contribution in [0.3, 0.4) is 0 Å². The van der Waals surface area contributed by atoms with Crippen LogP contribution in [0.5, 0.6) is 11.5 Å². The standard InChI is InChI=1S/C22H19N3O4/c1-15-10-21(25-29-15)24-22(26)18(13-23)11-17-8-9-19(20(12-17)27-2)28-14-16-6-4-3-5-7-16/h3-12H,14H2,1-2H3,(H,24,25,26)/b18-11-. The van der Waals surface area contributed by atoms with E-state index in [1.165, 1.54) is 13.2 Å². The second-order valence-corrected chi connectivity index (χ2v) is 6.13. The summed E-state index contributed by atoms with van der Waals surface area (Å²) in [5.74, 6) is 1.28. The molecule has 3 aromatic rings. The fraction of sp³-hybridized carbons (Fsp3) is 0.136. The summed E-state index contributed by atoms with van der Waals surface area (Å²) in [5.41, 5.74) is 1.58. The number of ether oxygens (including phenoxy) is 2. The first-order valence-corrected chi connectivity index (χ1v) is 8.80. The van der Waals surface area contributed by atoms with E-state index in [9.17, 15) is 10.1 Å². The van der Waals surface area contributed by atoms with E-state index in [4.69, 9.17) is 14.0 Å². The monoisotopic (exact) mass is 389 g/mol. The molecule has 0 saturated carbocycles. The smallest absolute Gasteiger partial charge is 0.267 e. The minimum atomic E-state index is -0.579. The van der Waals surface area contributed by atoms with E-state index in [-0.39, 0.29) is 11.4 Å². The van der Waals surface area contributed by atoms with Gasteiger partial charge in [-0.2, -0.15) is 5.26 Å². The lowest BCUT2D eigenvalue weighted by atomic mass is 10.1. The number of nitrogens with zero attached hydrogens (tertiary/aromatic N) is 2. The molecular weight excluding hydrogens is 370 g/mol. The number of anilines is 1. The zero-order valence-corrected chi connectivity index (χ0v) is 16.0. The summed E-state index contributed by atoms with van der Waals surface area (Å²) >= 11 is 0.